The lowest BCUT2D eigenvalue weighted by Gasteiger charge is -2.12. The SMILES string of the molecule is CCCn1c(=O)c2[nH]c(-c3ccc(OCC(=O)NCCNC(=S)Nc4cccc(N)c4)cc3)nc2n(CCC)c1=O. The van der Waals surface area contributed by atoms with Crippen molar-refractivity contribution in [3.05, 3.63) is 69.4 Å². The van der Waals surface area contributed by atoms with Crippen molar-refractivity contribution in [2.45, 2.75) is 39.8 Å². The molecule has 0 unspecified atom stereocenters. The number of imidazole rings is 1. The number of benzene rings is 2. The van der Waals surface area contributed by atoms with E-state index < -0.39 is 0 Å². The van der Waals surface area contributed by atoms with Crippen molar-refractivity contribution in [2.75, 3.05) is 30.7 Å². The lowest BCUT2D eigenvalue weighted by atomic mass is 10.2. The van der Waals surface area contributed by atoms with Crippen LogP contribution < -0.4 is 37.7 Å². The number of H-pyrrole nitrogens is 1. The van der Waals surface area contributed by atoms with Crippen molar-refractivity contribution in [3.8, 4) is 17.1 Å². The summed E-state index contributed by atoms with van der Waals surface area (Å²) in [7, 11) is 0. The molecule has 6 N–H and O–H groups in total. The number of nitrogens with zero attached hydrogens (tertiary/aromatic N) is 3. The molecule has 2 aromatic heterocycles. The highest BCUT2D eigenvalue weighted by Gasteiger charge is 2.17. The molecule has 0 radical (unpaired) electrons. The summed E-state index contributed by atoms with van der Waals surface area (Å²) in [6.45, 7) is 5.32. The minimum atomic E-state index is -0.376. The summed E-state index contributed by atoms with van der Waals surface area (Å²) in [6.07, 6.45) is 1.40. The smallest absolute Gasteiger partial charge is 0.332 e. The van der Waals surface area contributed by atoms with Crippen molar-refractivity contribution in [1.82, 2.24) is 29.7 Å². The summed E-state index contributed by atoms with van der Waals surface area (Å²) in [5.74, 6) is 0.689. The molecular weight excluding hydrogens is 544 g/mol. The summed E-state index contributed by atoms with van der Waals surface area (Å²) in [6, 6.07) is 14.2. The number of nitrogens with one attached hydrogen (secondary N) is 4. The molecule has 2 aromatic carbocycles. The Labute approximate surface area is 241 Å². The molecular formula is C28H34N8O4S. The van der Waals surface area contributed by atoms with Gasteiger partial charge in [0.05, 0.1) is 0 Å². The van der Waals surface area contributed by atoms with E-state index in [0.717, 1.165) is 12.1 Å². The van der Waals surface area contributed by atoms with Crippen LogP contribution in [-0.4, -0.2) is 49.8 Å². The fourth-order valence-corrected chi connectivity index (χ4v) is 4.45. The standard InChI is InChI=1S/C28H34N8O4S/c1-3-14-35-25-23(26(38)36(15-4-2)28(35)39)33-24(34-25)18-8-10-21(11-9-18)40-17-22(37)30-12-13-31-27(41)32-20-7-5-6-19(29)16-20/h5-11,16H,3-4,12-15,17,29H2,1-2H3,(H,30,37)(H,33,34)(H2,31,32,41). The molecule has 0 saturated carbocycles. The average Bonchev–Trinajstić information content (AvgIpc) is 3.40. The third-order valence-corrected chi connectivity index (χ3v) is 6.38. The summed E-state index contributed by atoms with van der Waals surface area (Å²) in [5, 5.41) is 9.23. The summed E-state index contributed by atoms with van der Waals surface area (Å²) in [4.78, 5) is 45.7. The molecule has 0 spiro atoms. The number of hydrogen-bond acceptors (Lipinski definition) is 7. The number of rotatable bonds is 12. The first-order valence-corrected chi connectivity index (χ1v) is 13.8. The number of carbonyl (C=O) groups excluding carboxylic acids is 1. The van der Waals surface area contributed by atoms with Crippen molar-refractivity contribution in [1.29, 1.82) is 0 Å². The molecule has 4 rings (SSSR count). The summed E-state index contributed by atoms with van der Waals surface area (Å²) < 4.78 is 8.40. The number of nitrogens with two attached hydrogens (primary N) is 1. The highest BCUT2D eigenvalue weighted by molar-refractivity contribution is 7.80. The molecule has 216 valence electrons. The highest BCUT2D eigenvalue weighted by atomic mass is 32.1. The maximum Gasteiger partial charge on any atom is 0.332 e. The lowest BCUT2D eigenvalue weighted by molar-refractivity contribution is -0.123. The van der Waals surface area contributed by atoms with Crippen LogP contribution in [-0.2, 0) is 17.9 Å². The van der Waals surface area contributed by atoms with Crippen LogP contribution in [0.3, 0.4) is 0 Å². The van der Waals surface area contributed by atoms with Crippen LogP contribution in [0, 0.1) is 0 Å². The zero-order chi connectivity index (χ0) is 29.4. The molecule has 0 aliphatic carbocycles. The number of aryl methyl sites for hydroxylation is 1. The lowest BCUT2D eigenvalue weighted by Crippen LogP contribution is -2.40. The molecule has 0 atom stereocenters. The molecule has 2 heterocycles. The number of thiocarbonyl (C=S) groups is 1. The number of fused-ring (bicyclic) bond motifs is 1. The molecule has 4 aromatic rings. The predicted molar refractivity (Wildman–Crippen MR) is 164 cm³/mol. The van der Waals surface area contributed by atoms with Crippen LogP contribution >= 0.6 is 12.2 Å². The van der Waals surface area contributed by atoms with Crippen LogP contribution in [0.4, 0.5) is 11.4 Å². The number of nitrogen functional groups attached to an aromatic ring is 1. The van der Waals surface area contributed by atoms with Crippen molar-refractivity contribution >= 4 is 45.8 Å². The molecule has 0 bridgehead atoms. The highest BCUT2D eigenvalue weighted by Crippen LogP contribution is 2.22. The Kier molecular flexibility index (Phi) is 9.74. The summed E-state index contributed by atoms with van der Waals surface area (Å²) in [5.41, 5.74) is 7.80. The van der Waals surface area contributed by atoms with Gasteiger partial charge in [-0.1, -0.05) is 19.9 Å². The van der Waals surface area contributed by atoms with Gasteiger partial charge in [0, 0.05) is 43.1 Å². The molecule has 0 saturated heterocycles. The monoisotopic (exact) mass is 578 g/mol. The topological polar surface area (TPSA) is 161 Å². The predicted octanol–water partition coefficient (Wildman–Crippen LogP) is 2.44. The molecule has 13 heteroatoms. The number of amides is 1. The van der Waals surface area contributed by atoms with Crippen LogP contribution in [0.2, 0.25) is 0 Å². The van der Waals surface area contributed by atoms with E-state index in [1.165, 1.54) is 4.57 Å². The van der Waals surface area contributed by atoms with Gasteiger partial charge < -0.3 is 31.4 Å². The van der Waals surface area contributed by atoms with E-state index in [-0.39, 0.29) is 23.8 Å². The Balaban J connectivity index is 1.30. The van der Waals surface area contributed by atoms with Gasteiger partial charge in [0.25, 0.3) is 11.5 Å². The van der Waals surface area contributed by atoms with E-state index in [4.69, 9.17) is 22.7 Å². The Morgan fingerprint density at radius 1 is 1.02 bits per heavy atom. The fourth-order valence-electron chi connectivity index (χ4n) is 4.23. The molecule has 41 heavy (non-hydrogen) atoms. The Hall–Kier alpha value is -4.65. The van der Waals surface area contributed by atoms with Gasteiger partial charge in [0.2, 0.25) is 0 Å². The first-order chi connectivity index (χ1) is 19.8. The fraction of sp³-hybridized carbons (Fsp3) is 0.321. The van der Waals surface area contributed by atoms with Crippen LogP contribution in [0.15, 0.2) is 58.1 Å². The van der Waals surface area contributed by atoms with Crippen molar-refractivity contribution < 1.29 is 9.53 Å². The molecule has 0 aliphatic rings. The van der Waals surface area contributed by atoms with E-state index in [0.29, 0.717) is 71.7 Å². The second kappa shape index (κ2) is 13.6. The van der Waals surface area contributed by atoms with Crippen LogP contribution in [0.25, 0.3) is 22.6 Å². The number of carbonyl (C=O) groups is 1. The van der Waals surface area contributed by atoms with Crippen molar-refractivity contribution in [3.63, 3.8) is 0 Å². The molecule has 0 aliphatic heterocycles. The van der Waals surface area contributed by atoms with Gasteiger partial charge in [-0.3, -0.25) is 18.7 Å². The normalized spacial score (nSPS) is 10.9. The van der Waals surface area contributed by atoms with Gasteiger partial charge in [-0.2, -0.15) is 0 Å². The number of anilines is 2. The first-order valence-electron chi connectivity index (χ1n) is 13.4. The quantitative estimate of drug-likeness (QED) is 0.0966. The van der Waals surface area contributed by atoms with Crippen LogP contribution in [0.5, 0.6) is 5.75 Å². The Bertz CT molecular complexity index is 1640. The third-order valence-electron chi connectivity index (χ3n) is 6.13. The minimum absolute atomic E-state index is 0.157. The van der Waals surface area contributed by atoms with E-state index in [2.05, 4.69) is 25.9 Å². The van der Waals surface area contributed by atoms with E-state index in [1.54, 1.807) is 41.0 Å². The Morgan fingerprint density at radius 3 is 2.44 bits per heavy atom. The van der Waals surface area contributed by atoms with Gasteiger partial charge >= 0.3 is 5.69 Å². The maximum absolute atomic E-state index is 13.0. The van der Waals surface area contributed by atoms with Gasteiger partial charge in [0.1, 0.15) is 17.1 Å². The molecule has 1 amide bonds. The van der Waals surface area contributed by atoms with E-state index in [1.807, 2.05) is 26.0 Å². The zero-order valence-corrected chi connectivity index (χ0v) is 23.8. The van der Waals surface area contributed by atoms with Gasteiger partial charge in [0.15, 0.2) is 17.4 Å². The van der Waals surface area contributed by atoms with Crippen LogP contribution in [0.1, 0.15) is 26.7 Å². The Morgan fingerprint density at radius 2 is 1.73 bits per heavy atom. The van der Waals surface area contributed by atoms with Gasteiger partial charge in [-0.05, 0) is 67.5 Å². The zero-order valence-electron chi connectivity index (χ0n) is 23.0. The second-order valence-electron chi connectivity index (χ2n) is 9.34. The molecule has 0 fully saturated rings. The third kappa shape index (κ3) is 7.31. The first kappa shape index (κ1) is 29.3. The number of hydrogen-bond donors (Lipinski definition) is 5. The second-order valence-corrected chi connectivity index (χ2v) is 9.75. The largest absolute Gasteiger partial charge is 0.484 e. The number of ether oxygens (including phenoxy) is 1. The number of aromatic amines is 1. The average molecular weight is 579 g/mol. The minimum Gasteiger partial charge on any atom is -0.484 e. The summed E-state index contributed by atoms with van der Waals surface area (Å²) >= 11 is 5.25. The molecule has 12 nitrogen and oxygen atoms in total. The van der Waals surface area contributed by atoms with Gasteiger partial charge in [-0.25, -0.2) is 9.78 Å². The maximum atomic E-state index is 13.0. The van der Waals surface area contributed by atoms with Gasteiger partial charge in [-0.15, -0.1) is 0 Å². The van der Waals surface area contributed by atoms with E-state index in [9.17, 15) is 14.4 Å². The van der Waals surface area contributed by atoms with Crippen molar-refractivity contribution in [2.24, 2.45) is 0 Å². The number of aromatic nitrogens is 4. The van der Waals surface area contributed by atoms with E-state index >= 15 is 0 Å².